The van der Waals surface area contributed by atoms with E-state index in [0.29, 0.717) is 12.6 Å². The van der Waals surface area contributed by atoms with Gasteiger partial charge in [-0.15, -0.1) is 0 Å². The Labute approximate surface area is 119 Å². The maximum Gasteiger partial charge on any atom is 0.300 e. The molecule has 1 unspecified atom stereocenters. The van der Waals surface area contributed by atoms with E-state index >= 15 is 0 Å². The highest BCUT2D eigenvalue weighted by atomic mass is 16.4. The van der Waals surface area contributed by atoms with Crippen LogP contribution in [0.4, 0.5) is 0 Å². The van der Waals surface area contributed by atoms with Crippen molar-refractivity contribution >= 4 is 5.91 Å². The number of hydrogen-bond acceptors (Lipinski definition) is 5. The first-order valence-corrected chi connectivity index (χ1v) is 7.16. The summed E-state index contributed by atoms with van der Waals surface area (Å²) in [6.07, 6.45) is 2.55. The Hall–Kier alpha value is -1.37. The Morgan fingerprint density at radius 3 is 3.10 bits per heavy atom. The van der Waals surface area contributed by atoms with Gasteiger partial charge in [0.1, 0.15) is 5.76 Å². The zero-order chi connectivity index (χ0) is 14.5. The average molecular weight is 280 g/mol. The summed E-state index contributed by atoms with van der Waals surface area (Å²) in [4.78, 5) is 16.1. The first kappa shape index (κ1) is 15.0. The van der Waals surface area contributed by atoms with Crippen LogP contribution < -0.4 is 11.3 Å². The molecule has 2 heterocycles. The van der Waals surface area contributed by atoms with Crippen LogP contribution in [0.2, 0.25) is 0 Å². The van der Waals surface area contributed by atoms with Crippen LogP contribution in [0.25, 0.3) is 0 Å². The Kier molecular flexibility index (Phi) is 5.17. The van der Waals surface area contributed by atoms with Crippen molar-refractivity contribution in [1.82, 2.24) is 15.2 Å². The van der Waals surface area contributed by atoms with E-state index in [0.717, 1.165) is 18.8 Å². The summed E-state index contributed by atoms with van der Waals surface area (Å²) in [5.41, 5.74) is 2.07. The lowest BCUT2D eigenvalue weighted by Gasteiger charge is -2.27. The SMILES string of the molecule is CCN1CCCC1CN(C)Cc1ccc(C(=O)NN)o1. The molecule has 1 aliphatic heterocycles. The summed E-state index contributed by atoms with van der Waals surface area (Å²) in [6, 6.07) is 4.11. The fraction of sp³-hybridized carbons (Fsp3) is 0.643. The van der Waals surface area contributed by atoms with Crippen LogP contribution in [0.5, 0.6) is 0 Å². The number of amides is 1. The quantitative estimate of drug-likeness (QED) is 0.458. The summed E-state index contributed by atoms with van der Waals surface area (Å²) in [6.45, 7) is 6.25. The standard InChI is InChI=1S/C14H24N4O2/c1-3-18-8-4-5-11(18)9-17(2)10-12-6-7-13(20-12)14(19)16-15/h6-7,11H,3-5,8-10,15H2,1-2H3,(H,16,19). The molecule has 0 saturated carbocycles. The van der Waals surface area contributed by atoms with E-state index in [-0.39, 0.29) is 5.76 Å². The molecule has 1 aromatic heterocycles. The third-order valence-corrected chi connectivity index (χ3v) is 3.87. The molecule has 1 amide bonds. The molecular formula is C14H24N4O2. The molecule has 6 heteroatoms. The Bertz CT molecular complexity index is 446. The monoisotopic (exact) mass is 280 g/mol. The molecule has 2 rings (SSSR count). The number of nitrogens with zero attached hydrogens (tertiary/aromatic N) is 2. The zero-order valence-corrected chi connectivity index (χ0v) is 12.3. The molecule has 0 aromatic carbocycles. The van der Waals surface area contributed by atoms with Crippen LogP contribution in [0.15, 0.2) is 16.5 Å². The van der Waals surface area contributed by atoms with Gasteiger partial charge in [0.2, 0.25) is 0 Å². The smallest absolute Gasteiger partial charge is 0.300 e. The van der Waals surface area contributed by atoms with Gasteiger partial charge in [-0.3, -0.25) is 20.0 Å². The molecule has 112 valence electrons. The largest absolute Gasteiger partial charge is 0.455 e. The van der Waals surface area contributed by atoms with E-state index in [4.69, 9.17) is 10.3 Å². The number of nitrogens with one attached hydrogen (secondary N) is 1. The molecule has 1 fully saturated rings. The molecule has 1 saturated heterocycles. The molecule has 1 atom stereocenters. The fourth-order valence-electron chi connectivity index (χ4n) is 2.86. The van der Waals surface area contributed by atoms with Crippen molar-refractivity contribution in [3.8, 4) is 0 Å². The predicted molar refractivity (Wildman–Crippen MR) is 77.0 cm³/mol. The van der Waals surface area contributed by atoms with Crippen molar-refractivity contribution in [2.75, 3.05) is 26.7 Å². The minimum atomic E-state index is -0.396. The number of nitrogens with two attached hydrogens (primary N) is 1. The molecule has 0 radical (unpaired) electrons. The Morgan fingerprint density at radius 2 is 2.40 bits per heavy atom. The molecule has 0 aliphatic carbocycles. The van der Waals surface area contributed by atoms with Crippen molar-refractivity contribution in [3.05, 3.63) is 23.7 Å². The maximum atomic E-state index is 11.3. The summed E-state index contributed by atoms with van der Waals surface area (Å²) in [5.74, 6) is 5.72. The molecule has 3 N–H and O–H groups in total. The number of nitrogen functional groups attached to an aromatic ring is 1. The first-order chi connectivity index (χ1) is 9.63. The van der Waals surface area contributed by atoms with Gasteiger partial charge >= 0.3 is 5.91 Å². The van der Waals surface area contributed by atoms with Gasteiger partial charge in [-0.2, -0.15) is 0 Å². The van der Waals surface area contributed by atoms with E-state index in [1.165, 1.54) is 19.4 Å². The predicted octanol–water partition coefficient (Wildman–Crippen LogP) is 0.799. The van der Waals surface area contributed by atoms with Crippen LogP contribution >= 0.6 is 0 Å². The summed E-state index contributed by atoms with van der Waals surface area (Å²) < 4.78 is 5.48. The zero-order valence-electron chi connectivity index (χ0n) is 12.3. The number of hydrogen-bond donors (Lipinski definition) is 2. The third kappa shape index (κ3) is 3.59. The lowest BCUT2D eigenvalue weighted by Crippen LogP contribution is -2.38. The summed E-state index contributed by atoms with van der Waals surface area (Å²) >= 11 is 0. The van der Waals surface area contributed by atoms with Crippen molar-refractivity contribution in [2.24, 2.45) is 5.84 Å². The third-order valence-electron chi connectivity index (χ3n) is 3.87. The number of carbonyl (C=O) groups is 1. The van der Waals surface area contributed by atoms with Gasteiger partial charge in [0.25, 0.3) is 0 Å². The van der Waals surface area contributed by atoms with Gasteiger partial charge in [-0.1, -0.05) is 6.92 Å². The lowest BCUT2D eigenvalue weighted by atomic mass is 10.2. The number of furan rings is 1. The molecule has 0 spiro atoms. The number of carbonyl (C=O) groups excluding carboxylic acids is 1. The van der Waals surface area contributed by atoms with Crippen molar-refractivity contribution in [2.45, 2.75) is 32.4 Å². The van der Waals surface area contributed by atoms with Crippen molar-refractivity contribution in [3.63, 3.8) is 0 Å². The topological polar surface area (TPSA) is 74.7 Å². The molecule has 0 bridgehead atoms. The Morgan fingerprint density at radius 1 is 1.60 bits per heavy atom. The molecular weight excluding hydrogens is 256 g/mol. The van der Waals surface area contributed by atoms with Gasteiger partial charge in [-0.25, -0.2) is 5.84 Å². The van der Waals surface area contributed by atoms with Crippen LogP contribution in [-0.2, 0) is 6.54 Å². The second-order valence-corrected chi connectivity index (χ2v) is 5.36. The normalized spacial score (nSPS) is 19.7. The first-order valence-electron chi connectivity index (χ1n) is 7.16. The number of hydrazine groups is 1. The van der Waals surface area contributed by atoms with Crippen LogP contribution in [0.1, 0.15) is 36.1 Å². The lowest BCUT2D eigenvalue weighted by molar-refractivity contribution is 0.0921. The van der Waals surface area contributed by atoms with E-state index in [1.807, 2.05) is 6.07 Å². The van der Waals surface area contributed by atoms with Gasteiger partial charge in [-0.05, 0) is 45.1 Å². The van der Waals surface area contributed by atoms with Gasteiger partial charge in [0.05, 0.1) is 6.54 Å². The van der Waals surface area contributed by atoms with Gasteiger partial charge in [0, 0.05) is 12.6 Å². The van der Waals surface area contributed by atoms with E-state index in [9.17, 15) is 4.79 Å². The molecule has 1 aliphatic rings. The van der Waals surface area contributed by atoms with E-state index < -0.39 is 5.91 Å². The minimum Gasteiger partial charge on any atom is -0.455 e. The second kappa shape index (κ2) is 6.88. The minimum absolute atomic E-state index is 0.256. The van der Waals surface area contributed by atoms with Crippen LogP contribution in [0.3, 0.4) is 0 Å². The van der Waals surface area contributed by atoms with Crippen LogP contribution in [0, 0.1) is 0 Å². The van der Waals surface area contributed by atoms with Crippen LogP contribution in [-0.4, -0.2) is 48.4 Å². The highest BCUT2D eigenvalue weighted by Gasteiger charge is 2.24. The van der Waals surface area contributed by atoms with Gasteiger partial charge in [0.15, 0.2) is 5.76 Å². The highest BCUT2D eigenvalue weighted by Crippen LogP contribution is 2.18. The average Bonchev–Trinajstić information content (AvgIpc) is 3.06. The summed E-state index contributed by atoms with van der Waals surface area (Å²) in [5, 5.41) is 0. The molecule has 1 aromatic rings. The number of likely N-dealkylation sites (tertiary alicyclic amines) is 1. The van der Waals surface area contributed by atoms with E-state index in [2.05, 4.69) is 29.2 Å². The highest BCUT2D eigenvalue weighted by molar-refractivity contribution is 5.90. The Balaban J connectivity index is 1.86. The van der Waals surface area contributed by atoms with E-state index in [1.54, 1.807) is 6.07 Å². The maximum absolute atomic E-state index is 11.3. The number of rotatable bonds is 6. The summed E-state index contributed by atoms with van der Waals surface area (Å²) in [7, 11) is 2.08. The molecule has 6 nitrogen and oxygen atoms in total. The van der Waals surface area contributed by atoms with Crippen molar-refractivity contribution < 1.29 is 9.21 Å². The molecule has 20 heavy (non-hydrogen) atoms. The fourth-order valence-corrected chi connectivity index (χ4v) is 2.86. The van der Waals surface area contributed by atoms with Crippen molar-refractivity contribution in [1.29, 1.82) is 0 Å². The number of likely N-dealkylation sites (N-methyl/N-ethyl adjacent to an activating group) is 2. The second-order valence-electron chi connectivity index (χ2n) is 5.36. The van der Waals surface area contributed by atoms with Gasteiger partial charge < -0.3 is 4.42 Å².